The van der Waals surface area contributed by atoms with Crippen LogP contribution in [0.3, 0.4) is 0 Å². The summed E-state index contributed by atoms with van der Waals surface area (Å²) in [6, 6.07) is 2.02. The van der Waals surface area contributed by atoms with E-state index in [9.17, 15) is 13.2 Å². The van der Waals surface area contributed by atoms with Crippen LogP contribution < -0.4 is 56.7 Å². The molecule has 0 bridgehead atoms. The molecule has 1 atom stereocenters. The van der Waals surface area contributed by atoms with E-state index in [1.54, 1.807) is 0 Å². The van der Waals surface area contributed by atoms with E-state index in [4.69, 9.17) is 0 Å². The van der Waals surface area contributed by atoms with E-state index in [-0.39, 0.29) is 51.4 Å². The summed E-state index contributed by atoms with van der Waals surface area (Å²) in [6.45, 7) is 6.68. The van der Waals surface area contributed by atoms with Crippen LogP contribution in [0, 0.1) is 0 Å². The van der Waals surface area contributed by atoms with E-state index in [0.29, 0.717) is 19.0 Å². The summed E-state index contributed by atoms with van der Waals surface area (Å²) in [5, 5.41) is 2.33. The number of sulfonamides is 1. The van der Waals surface area contributed by atoms with E-state index in [1.165, 1.54) is 22.3 Å². The van der Waals surface area contributed by atoms with Gasteiger partial charge in [-0.3, -0.25) is 9.69 Å². The van der Waals surface area contributed by atoms with Crippen molar-refractivity contribution in [2.24, 2.45) is 0 Å². The number of amides is 2. The topological polar surface area (TPSA) is 83.8 Å². The molecule has 5 rings (SSSR count). The third kappa shape index (κ3) is 5.55. The van der Waals surface area contributed by atoms with Crippen molar-refractivity contribution in [2.45, 2.75) is 76.0 Å². The average molecular weight is 499 g/mol. The number of benzene rings is 1. The zero-order valence-corrected chi connectivity index (χ0v) is 24.0. The summed E-state index contributed by atoms with van der Waals surface area (Å²) in [5.41, 5.74) is 5.86. The molecule has 2 amide bonds. The molecule has 1 aromatic carbocycles. The van der Waals surface area contributed by atoms with Crippen molar-refractivity contribution in [3.8, 4) is 0 Å². The van der Waals surface area contributed by atoms with Crippen LogP contribution in [0.25, 0.3) is 4.72 Å². The fourth-order valence-electron chi connectivity index (χ4n) is 6.22. The van der Waals surface area contributed by atoms with Crippen molar-refractivity contribution in [1.29, 1.82) is 0 Å². The van der Waals surface area contributed by atoms with Gasteiger partial charge in [0.2, 0.25) is 0 Å². The first-order valence-corrected chi connectivity index (χ1v) is 13.9. The Morgan fingerprint density at radius 3 is 2.27 bits per heavy atom. The minimum absolute atomic E-state index is 0. The van der Waals surface area contributed by atoms with Gasteiger partial charge in [-0.05, 0) is 112 Å². The second kappa shape index (κ2) is 10.9. The normalized spacial score (nSPS) is 23.7. The molecule has 4 aliphatic rings. The number of nitrogens with zero attached hydrogens (tertiary/aromatic N) is 3. The SMILES string of the molecule is CCN1CCC(N2CCC(S(=O)(=O)[N-]C(=O)Nc3c4c(cc5c3CCC5)CCC4)C2)CC1.[K+]. The molecule has 7 nitrogen and oxygen atoms in total. The van der Waals surface area contributed by atoms with Crippen LogP contribution in [-0.2, 0) is 35.7 Å². The minimum Gasteiger partial charge on any atom is -0.423 e. The Hall–Kier alpha value is -0.00364. The molecule has 1 aromatic rings. The molecule has 0 radical (unpaired) electrons. The fraction of sp³-hybridized carbons (Fsp3) is 0.708. The maximum Gasteiger partial charge on any atom is 1.00 e. The predicted octanol–water partition coefficient (Wildman–Crippen LogP) is 0.462. The zero-order chi connectivity index (χ0) is 22.3. The van der Waals surface area contributed by atoms with Gasteiger partial charge in [-0.15, -0.1) is 0 Å². The Bertz CT molecular complexity index is 960. The van der Waals surface area contributed by atoms with Gasteiger partial charge in [0.1, 0.15) is 0 Å². The Kier molecular flexibility index (Phi) is 8.65. The average Bonchev–Trinajstić information content (AvgIpc) is 3.53. The number of anilines is 1. The Balaban J connectivity index is 0.00000259. The van der Waals surface area contributed by atoms with Gasteiger partial charge < -0.3 is 14.9 Å². The molecular weight excluding hydrogens is 463 g/mol. The first-order chi connectivity index (χ1) is 15.4. The number of likely N-dealkylation sites (tertiary alicyclic amines) is 2. The Morgan fingerprint density at radius 1 is 1.03 bits per heavy atom. The Morgan fingerprint density at radius 2 is 1.67 bits per heavy atom. The van der Waals surface area contributed by atoms with Crippen LogP contribution >= 0.6 is 0 Å². The number of rotatable bonds is 5. The number of hydrogen-bond donors (Lipinski definition) is 1. The third-order valence-electron chi connectivity index (χ3n) is 8.03. The second-order valence-electron chi connectivity index (χ2n) is 9.84. The molecule has 0 aromatic heterocycles. The zero-order valence-electron chi connectivity index (χ0n) is 20.1. The minimum atomic E-state index is -3.83. The van der Waals surface area contributed by atoms with Gasteiger partial charge in [0.05, 0.1) is 5.25 Å². The van der Waals surface area contributed by atoms with Crippen LogP contribution in [0.4, 0.5) is 10.5 Å². The molecule has 0 spiro atoms. The number of carbonyl (C=O) groups excluding carboxylic acids is 1. The first-order valence-electron chi connectivity index (χ1n) is 12.4. The van der Waals surface area contributed by atoms with Crippen molar-refractivity contribution in [3.63, 3.8) is 0 Å². The molecule has 2 fully saturated rings. The molecule has 2 saturated heterocycles. The van der Waals surface area contributed by atoms with E-state index in [2.05, 4.69) is 32.8 Å². The number of piperidine rings is 1. The summed E-state index contributed by atoms with van der Waals surface area (Å²) in [6.07, 6.45) is 8.87. The Labute approximate surface area is 240 Å². The van der Waals surface area contributed by atoms with Gasteiger partial charge in [0.15, 0.2) is 16.1 Å². The molecule has 0 saturated carbocycles. The van der Waals surface area contributed by atoms with Crippen molar-refractivity contribution in [3.05, 3.63) is 33.0 Å². The molecule has 176 valence electrons. The van der Waals surface area contributed by atoms with Crippen LogP contribution in [0.1, 0.15) is 61.3 Å². The molecule has 1 N–H and O–H groups in total. The van der Waals surface area contributed by atoms with Crippen molar-refractivity contribution in [1.82, 2.24) is 9.80 Å². The summed E-state index contributed by atoms with van der Waals surface area (Å²) in [5.74, 6) is 0. The van der Waals surface area contributed by atoms with Gasteiger partial charge >= 0.3 is 51.4 Å². The number of fused-ring (bicyclic) bond motifs is 2. The second-order valence-corrected chi connectivity index (χ2v) is 11.7. The van der Waals surface area contributed by atoms with Crippen LogP contribution in [0.15, 0.2) is 6.07 Å². The number of nitrogens with one attached hydrogen (secondary N) is 1. The fourth-order valence-corrected chi connectivity index (χ4v) is 7.43. The van der Waals surface area contributed by atoms with E-state index >= 15 is 0 Å². The summed E-state index contributed by atoms with van der Waals surface area (Å²) in [7, 11) is -3.83. The van der Waals surface area contributed by atoms with Crippen molar-refractivity contribution >= 4 is 21.7 Å². The van der Waals surface area contributed by atoms with Crippen LogP contribution in [0.2, 0.25) is 0 Å². The van der Waals surface area contributed by atoms with Gasteiger partial charge in [-0.25, -0.2) is 8.42 Å². The maximum atomic E-state index is 13.0. The maximum absolute atomic E-state index is 13.0. The van der Waals surface area contributed by atoms with Gasteiger partial charge in [-0.1, -0.05) is 13.0 Å². The number of urea groups is 1. The summed E-state index contributed by atoms with van der Waals surface area (Å²) < 4.78 is 29.7. The monoisotopic (exact) mass is 498 g/mol. The molecule has 2 aliphatic heterocycles. The number of hydrogen-bond acceptors (Lipinski definition) is 5. The molecule has 2 heterocycles. The summed E-state index contributed by atoms with van der Waals surface area (Å²) >= 11 is 0. The van der Waals surface area contributed by atoms with Crippen molar-refractivity contribution < 1.29 is 64.6 Å². The van der Waals surface area contributed by atoms with Gasteiger partial charge in [0.25, 0.3) is 0 Å². The molecule has 9 heteroatoms. The first kappa shape index (κ1) is 26.1. The number of carbonyl (C=O) groups is 1. The van der Waals surface area contributed by atoms with Crippen LogP contribution in [0.5, 0.6) is 0 Å². The molecule has 1 unspecified atom stereocenters. The number of aryl methyl sites for hydroxylation is 2. The van der Waals surface area contributed by atoms with E-state index in [1.807, 2.05) is 0 Å². The van der Waals surface area contributed by atoms with E-state index < -0.39 is 21.3 Å². The van der Waals surface area contributed by atoms with E-state index in [0.717, 1.165) is 83.2 Å². The van der Waals surface area contributed by atoms with Crippen molar-refractivity contribution in [2.75, 3.05) is 38.0 Å². The molecular formula is C24H35KN4O3S. The van der Waals surface area contributed by atoms with Crippen LogP contribution in [-0.4, -0.2) is 68.3 Å². The quantitative estimate of drug-likeness (QED) is 0.597. The smallest absolute Gasteiger partial charge is 0.423 e. The standard InChI is InChI=1S/C24H36N4O3S.K/c1-2-27-12-9-19(10-13-27)28-14-11-20(16-28)32(30,31)26-24(29)25-23-21-7-3-5-17(21)15-18-6-4-8-22(18)23;/h15,19-20H,2-14,16H2,1H3,(H2,25,26,29);/q;+1/p-1. The third-order valence-corrected chi connectivity index (χ3v) is 9.68. The summed E-state index contributed by atoms with van der Waals surface area (Å²) in [4.78, 5) is 17.5. The largest absolute Gasteiger partial charge is 1.00 e. The molecule has 33 heavy (non-hydrogen) atoms. The van der Waals surface area contributed by atoms with Gasteiger partial charge in [0, 0.05) is 12.6 Å². The molecule has 2 aliphatic carbocycles. The predicted molar refractivity (Wildman–Crippen MR) is 127 cm³/mol. The van der Waals surface area contributed by atoms with Gasteiger partial charge in [-0.2, -0.15) is 0 Å².